The number of nitro benzene ring substituents is 1. The SMILES string of the molecule is CCOC(=O)[C@H](O)[C@H](O)c1ccc(OCCCCN2CCN(c3cccc4sccc34)CC2)cc1[N+](=O)[O-]. The van der Waals surface area contributed by atoms with Crippen molar-refractivity contribution in [2.75, 3.05) is 50.8 Å². The van der Waals surface area contributed by atoms with Crippen LogP contribution in [0, 0.1) is 10.1 Å². The molecule has 1 saturated heterocycles. The summed E-state index contributed by atoms with van der Waals surface area (Å²) in [7, 11) is 0. The lowest BCUT2D eigenvalue weighted by Crippen LogP contribution is -2.46. The molecule has 2 N–H and O–H groups in total. The Hall–Kier alpha value is -3.25. The Labute approximate surface area is 225 Å². The highest BCUT2D eigenvalue weighted by Crippen LogP contribution is 2.32. The molecule has 4 rings (SSSR count). The predicted molar refractivity (Wildman–Crippen MR) is 146 cm³/mol. The number of carbonyl (C=O) groups is 1. The predicted octanol–water partition coefficient (Wildman–Crippen LogP) is 3.75. The van der Waals surface area contributed by atoms with Crippen molar-refractivity contribution in [3.05, 3.63) is 63.5 Å². The van der Waals surface area contributed by atoms with Crippen LogP contribution in [-0.4, -0.2) is 78.0 Å². The van der Waals surface area contributed by atoms with E-state index in [0.717, 1.165) is 45.6 Å². The van der Waals surface area contributed by atoms with Crippen LogP contribution in [-0.2, 0) is 9.53 Å². The van der Waals surface area contributed by atoms with Crippen molar-refractivity contribution in [3.63, 3.8) is 0 Å². The van der Waals surface area contributed by atoms with Crippen molar-refractivity contribution in [1.82, 2.24) is 4.90 Å². The van der Waals surface area contributed by atoms with Gasteiger partial charge in [0.25, 0.3) is 5.69 Å². The van der Waals surface area contributed by atoms with E-state index in [1.807, 2.05) is 0 Å². The molecule has 11 heteroatoms. The number of esters is 1. The minimum atomic E-state index is -1.92. The molecule has 1 aliphatic heterocycles. The summed E-state index contributed by atoms with van der Waals surface area (Å²) in [5, 5.41) is 35.3. The zero-order chi connectivity index (χ0) is 27.1. The van der Waals surface area contributed by atoms with Crippen LogP contribution in [0.25, 0.3) is 10.1 Å². The van der Waals surface area contributed by atoms with Crippen LogP contribution < -0.4 is 9.64 Å². The Morgan fingerprint density at radius 3 is 2.66 bits per heavy atom. The molecule has 0 amide bonds. The Bertz CT molecular complexity index is 1240. The summed E-state index contributed by atoms with van der Waals surface area (Å²) in [6.45, 7) is 6.88. The second kappa shape index (κ2) is 13.0. The number of aliphatic hydroxyl groups is 2. The van der Waals surface area contributed by atoms with Gasteiger partial charge in [-0.25, -0.2) is 4.79 Å². The van der Waals surface area contributed by atoms with Gasteiger partial charge in [-0.1, -0.05) is 6.07 Å². The van der Waals surface area contributed by atoms with E-state index in [9.17, 15) is 25.1 Å². The van der Waals surface area contributed by atoms with Crippen molar-refractivity contribution >= 4 is 38.8 Å². The van der Waals surface area contributed by atoms with E-state index >= 15 is 0 Å². The van der Waals surface area contributed by atoms with E-state index in [4.69, 9.17) is 4.74 Å². The zero-order valence-electron chi connectivity index (χ0n) is 21.3. The lowest BCUT2D eigenvalue weighted by atomic mass is 10.0. The third-order valence-electron chi connectivity index (χ3n) is 6.67. The molecule has 38 heavy (non-hydrogen) atoms. The van der Waals surface area contributed by atoms with Gasteiger partial charge >= 0.3 is 5.97 Å². The summed E-state index contributed by atoms with van der Waals surface area (Å²) < 4.78 is 11.7. The standard InChI is InChI=1S/C27H33N3O7S/c1-2-36-27(33)26(32)25(31)21-9-8-19(18-23(21)30(34)35)37-16-4-3-11-28-12-14-29(15-13-28)22-6-5-7-24-20(22)10-17-38-24/h5-10,17-18,25-26,31-32H,2-4,11-16H2,1H3/t25-,26-/m1/s1. The minimum absolute atomic E-state index is 0.0140. The molecule has 2 atom stereocenters. The topological polar surface area (TPSA) is 126 Å². The number of ether oxygens (including phenoxy) is 2. The highest BCUT2D eigenvalue weighted by Gasteiger charge is 2.32. The van der Waals surface area contributed by atoms with Gasteiger partial charge in [-0.05, 0) is 62.0 Å². The minimum Gasteiger partial charge on any atom is -0.493 e. The Morgan fingerprint density at radius 2 is 1.92 bits per heavy atom. The molecule has 0 aliphatic carbocycles. The maximum absolute atomic E-state index is 11.7. The van der Waals surface area contributed by atoms with E-state index in [2.05, 4.69) is 44.2 Å². The molecule has 1 aliphatic rings. The number of piperazine rings is 1. The number of benzene rings is 2. The van der Waals surface area contributed by atoms with Gasteiger partial charge in [-0.3, -0.25) is 15.0 Å². The van der Waals surface area contributed by atoms with Crippen LogP contribution in [0.5, 0.6) is 5.75 Å². The van der Waals surface area contributed by atoms with Crippen LogP contribution in [0.4, 0.5) is 11.4 Å². The third kappa shape index (κ3) is 6.60. The highest BCUT2D eigenvalue weighted by molar-refractivity contribution is 7.17. The van der Waals surface area contributed by atoms with Gasteiger partial charge in [0.1, 0.15) is 11.9 Å². The van der Waals surface area contributed by atoms with Crippen molar-refractivity contribution in [1.29, 1.82) is 0 Å². The maximum Gasteiger partial charge on any atom is 0.338 e. The number of aliphatic hydroxyl groups excluding tert-OH is 2. The Balaban J connectivity index is 1.22. The number of unbranched alkanes of at least 4 members (excludes halogenated alkanes) is 1. The number of nitro groups is 1. The molecule has 2 aromatic carbocycles. The van der Waals surface area contributed by atoms with E-state index in [0.29, 0.717) is 6.61 Å². The Kier molecular flexibility index (Phi) is 9.51. The molecule has 0 bridgehead atoms. The Morgan fingerprint density at radius 1 is 1.13 bits per heavy atom. The molecule has 3 aromatic rings. The number of thiophene rings is 1. The first kappa shape index (κ1) is 27.8. The van der Waals surface area contributed by atoms with E-state index < -0.39 is 28.8 Å². The smallest absolute Gasteiger partial charge is 0.338 e. The summed E-state index contributed by atoms with van der Waals surface area (Å²) >= 11 is 1.77. The highest BCUT2D eigenvalue weighted by atomic mass is 32.1. The molecule has 0 spiro atoms. The summed E-state index contributed by atoms with van der Waals surface area (Å²) in [4.78, 5) is 27.5. The van der Waals surface area contributed by atoms with E-state index in [-0.39, 0.29) is 17.9 Å². The van der Waals surface area contributed by atoms with E-state index in [1.54, 1.807) is 18.3 Å². The average Bonchev–Trinajstić information content (AvgIpc) is 3.42. The van der Waals surface area contributed by atoms with Gasteiger partial charge < -0.3 is 24.6 Å². The number of hydrogen-bond acceptors (Lipinski definition) is 10. The molecule has 1 aromatic heterocycles. The number of carbonyl (C=O) groups excluding carboxylic acids is 1. The molecule has 10 nitrogen and oxygen atoms in total. The van der Waals surface area contributed by atoms with Crippen molar-refractivity contribution < 1.29 is 29.4 Å². The largest absolute Gasteiger partial charge is 0.493 e. The first-order chi connectivity index (χ1) is 18.4. The maximum atomic E-state index is 11.7. The summed E-state index contributed by atoms with van der Waals surface area (Å²) in [6.07, 6.45) is -1.99. The summed E-state index contributed by atoms with van der Waals surface area (Å²) in [5.41, 5.74) is 0.687. The fourth-order valence-electron chi connectivity index (χ4n) is 4.64. The van der Waals surface area contributed by atoms with Gasteiger partial charge in [0.05, 0.1) is 29.8 Å². The number of nitrogens with zero attached hydrogens (tertiary/aromatic N) is 3. The van der Waals surface area contributed by atoms with Crippen LogP contribution >= 0.6 is 11.3 Å². The van der Waals surface area contributed by atoms with Crippen molar-refractivity contribution in [3.8, 4) is 5.75 Å². The van der Waals surface area contributed by atoms with Crippen molar-refractivity contribution in [2.45, 2.75) is 32.0 Å². The zero-order valence-corrected chi connectivity index (χ0v) is 22.1. The molecule has 0 saturated carbocycles. The number of anilines is 1. The second-order valence-electron chi connectivity index (χ2n) is 9.11. The lowest BCUT2D eigenvalue weighted by molar-refractivity contribution is -0.386. The average molecular weight is 544 g/mol. The van der Waals surface area contributed by atoms with Gasteiger partial charge in [0, 0.05) is 42.0 Å². The monoisotopic (exact) mass is 543 g/mol. The number of hydrogen-bond donors (Lipinski definition) is 2. The van der Waals surface area contributed by atoms with Crippen molar-refractivity contribution in [2.24, 2.45) is 0 Å². The molecule has 2 heterocycles. The molecular formula is C27H33N3O7S. The lowest BCUT2D eigenvalue weighted by Gasteiger charge is -2.36. The third-order valence-corrected chi connectivity index (χ3v) is 7.55. The fraction of sp³-hybridized carbons (Fsp3) is 0.444. The number of fused-ring (bicyclic) bond motifs is 1. The molecule has 204 valence electrons. The van der Waals surface area contributed by atoms with Crippen LogP contribution in [0.15, 0.2) is 47.8 Å². The van der Waals surface area contributed by atoms with Gasteiger partial charge in [0.15, 0.2) is 6.10 Å². The van der Waals surface area contributed by atoms with Crippen LogP contribution in [0.1, 0.15) is 31.4 Å². The van der Waals surface area contributed by atoms with Gasteiger partial charge in [-0.2, -0.15) is 0 Å². The van der Waals surface area contributed by atoms with E-state index in [1.165, 1.54) is 34.0 Å². The van der Waals surface area contributed by atoms with Gasteiger partial charge in [0.2, 0.25) is 0 Å². The summed E-state index contributed by atoms with van der Waals surface area (Å²) in [6, 6.07) is 12.6. The normalized spacial score (nSPS) is 15.8. The molecular weight excluding hydrogens is 510 g/mol. The molecule has 1 fully saturated rings. The second-order valence-corrected chi connectivity index (χ2v) is 10.1. The molecule has 0 radical (unpaired) electrons. The first-order valence-corrected chi connectivity index (χ1v) is 13.6. The fourth-order valence-corrected chi connectivity index (χ4v) is 5.45. The van der Waals surface area contributed by atoms with Gasteiger partial charge in [-0.15, -0.1) is 11.3 Å². The quantitative estimate of drug-likeness (QED) is 0.152. The van der Waals surface area contributed by atoms with Crippen LogP contribution in [0.2, 0.25) is 0 Å². The molecule has 0 unspecified atom stereocenters. The number of rotatable bonds is 12. The summed E-state index contributed by atoms with van der Waals surface area (Å²) in [5.74, 6) is -0.759. The first-order valence-electron chi connectivity index (χ1n) is 12.8. The van der Waals surface area contributed by atoms with Crippen LogP contribution in [0.3, 0.4) is 0 Å².